The number of halogens is 3. The third-order valence-corrected chi connectivity index (χ3v) is 3.01. The summed E-state index contributed by atoms with van der Waals surface area (Å²) in [6.07, 6.45) is 0. The number of rotatable bonds is 4. The van der Waals surface area contributed by atoms with Gasteiger partial charge in [-0.25, -0.2) is 4.39 Å². The van der Waals surface area contributed by atoms with Crippen LogP contribution in [0.25, 0.3) is 0 Å². The van der Waals surface area contributed by atoms with Crippen molar-refractivity contribution < 1.29 is 9.18 Å². The Morgan fingerprint density at radius 3 is 2.60 bits per heavy atom. The zero-order valence-corrected chi connectivity index (χ0v) is 11.8. The predicted molar refractivity (Wildman–Crippen MR) is 80.0 cm³/mol. The molecule has 0 aliphatic rings. The molecule has 0 aliphatic heterocycles. The molecule has 0 saturated carbocycles. The van der Waals surface area contributed by atoms with Crippen LogP contribution in [0.4, 0.5) is 15.8 Å². The van der Waals surface area contributed by atoms with Crippen molar-refractivity contribution >= 4 is 40.5 Å². The van der Waals surface area contributed by atoms with Crippen molar-refractivity contribution in [3.8, 4) is 0 Å². The molecule has 0 aromatic heterocycles. The summed E-state index contributed by atoms with van der Waals surface area (Å²) in [6.45, 7) is -0.0228. The summed E-state index contributed by atoms with van der Waals surface area (Å²) in [4.78, 5) is 11.7. The Morgan fingerprint density at radius 2 is 1.90 bits per heavy atom. The molecular formula is C14H11Cl2FN2O. The van der Waals surface area contributed by atoms with Gasteiger partial charge in [-0.3, -0.25) is 4.79 Å². The lowest BCUT2D eigenvalue weighted by Crippen LogP contribution is -2.21. The second-order valence-corrected chi connectivity index (χ2v) is 4.88. The maximum atomic E-state index is 13.1. The van der Waals surface area contributed by atoms with Crippen molar-refractivity contribution in [1.82, 2.24) is 0 Å². The fraction of sp³-hybridized carbons (Fsp3) is 0.0714. The molecule has 0 spiro atoms. The van der Waals surface area contributed by atoms with Gasteiger partial charge in [0, 0.05) is 10.7 Å². The van der Waals surface area contributed by atoms with Gasteiger partial charge in [0.2, 0.25) is 5.91 Å². The molecule has 0 aliphatic carbocycles. The number of benzene rings is 2. The minimum atomic E-state index is -0.466. The van der Waals surface area contributed by atoms with E-state index in [4.69, 9.17) is 23.2 Å². The molecule has 104 valence electrons. The van der Waals surface area contributed by atoms with Gasteiger partial charge < -0.3 is 10.6 Å². The highest BCUT2D eigenvalue weighted by atomic mass is 35.5. The Balaban J connectivity index is 1.94. The topological polar surface area (TPSA) is 41.1 Å². The van der Waals surface area contributed by atoms with Gasteiger partial charge in [-0.1, -0.05) is 35.3 Å². The van der Waals surface area contributed by atoms with Gasteiger partial charge in [0.15, 0.2) is 0 Å². The molecule has 0 bridgehead atoms. The smallest absolute Gasteiger partial charge is 0.243 e. The number of carbonyl (C=O) groups is 1. The minimum Gasteiger partial charge on any atom is -0.376 e. The largest absolute Gasteiger partial charge is 0.376 e. The van der Waals surface area contributed by atoms with Gasteiger partial charge in [0.1, 0.15) is 5.82 Å². The molecule has 1 amide bonds. The van der Waals surface area contributed by atoms with Crippen LogP contribution in [0.2, 0.25) is 10.0 Å². The van der Waals surface area contributed by atoms with Crippen molar-refractivity contribution in [3.63, 3.8) is 0 Å². The summed E-state index contributed by atoms with van der Waals surface area (Å²) in [6, 6.07) is 10.9. The summed E-state index contributed by atoms with van der Waals surface area (Å²) in [7, 11) is 0. The molecule has 2 rings (SSSR count). The van der Waals surface area contributed by atoms with Crippen LogP contribution in [0.5, 0.6) is 0 Å². The quantitative estimate of drug-likeness (QED) is 0.889. The summed E-state index contributed by atoms with van der Waals surface area (Å²) in [5.41, 5.74) is 0.961. The monoisotopic (exact) mass is 312 g/mol. The van der Waals surface area contributed by atoms with Crippen molar-refractivity contribution in [2.45, 2.75) is 0 Å². The highest BCUT2D eigenvalue weighted by molar-refractivity contribution is 6.33. The molecule has 0 atom stereocenters. The molecular weight excluding hydrogens is 302 g/mol. The van der Waals surface area contributed by atoms with Crippen LogP contribution in [0.15, 0.2) is 42.5 Å². The van der Waals surface area contributed by atoms with Crippen LogP contribution in [0.1, 0.15) is 0 Å². The molecule has 2 aromatic carbocycles. The number of anilines is 2. The van der Waals surface area contributed by atoms with Crippen molar-refractivity contribution in [2.24, 2.45) is 0 Å². The standard InChI is InChI=1S/C14H11Cl2FN2O/c15-9-5-10(17)7-11(6-9)18-8-14(20)19-13-4-2-1-3-12(13)16/h1-7,18H,8H2,(H,19,20). The Bertz CT molecular complexity index is 614. The lowest BCUT2D eigenvalue weighted by molar-refractivity contribution is -0.114. The summed E-state index contributed by atoms with van der Waals surface area (Å²) in [5, 5.41) is 6.15. The first kappa shape index (κ1) is 14.6. The zero-order valence-electron chi connectivity index (χ0n) is 10.3. The van der Waals surface area contributed by atoms with E-state index in [1.807, 2.05) is 0 Å². The molecule has 6 heteroatoms. The van der Waals surface area contributed by atoms with E-state index < -0.39 is 5.82 Å². The van der Waals surface area contributed by atoms with Gasteiger partial charge in [-0.15, -0.1) is 0 Å². The molecule has 0 radical (unpaired) electrons. The Morgan fingerprint density at radius 1 is 1.15 bits per heavy atom. The third-order valence-electron chi connectivity index (χ3n) is 2.46. The van der Waals surface area contributed by atoms with E-state index in [1.165, 1.54) is 18.2 Å². The zero-order chi connectivity index (χ0) is 14.5. The second kappa shape index (κ2) is 6.59. The van der Waals surface area contributed by atoms with Crippen LogP contribution in [0.3, 0.4) is 0 Å². The fourth-order valence-electron chi connectivity index (χ4n) is 1.60. The van der Waals surface area contributed by atoms with E-state index >= 15 is 0 Å². The number of amides is 1. The number of para-hydroxylation sites is 1. The van der Waals surface area contributed by atoms with Crippen LogP contribution in [-0.4, -0.2) is 12.5 Å². The minimum absolute atomic E-state index is 0.0228. The van der Waals surface area contributed by atoms with Gasteiger partial charge in [0.05, 0.1) is 17.3 Å². The molecule has 0 unspecified atom stereocenters. The lowest BCUT2D eigenvalue weighted by Gasteiger charge is -2.09. The van der Waals surface area contributed by atoms with E-state index in [0.29, 0.717) is 16.4 Å². The number of carbonyl (C=O) groups excluding carboxylic acids is 1. The Hall–Kier alpha value is -1.78. The average Bonchev–Trinajstić information content (AvgIpc) is 2.38. The predicted octanol–water partition coefficient (Wildman–Crippen LogP) is 4.18. The van der Waals surface area contributed by atoms with Crippen LogP contribution >= 0.6 is 23.2 Å². The molecule has 3 nitrogen and oxygen atoms in total. The first-order chi connectivity index (χ1) is 9.54. The lowest BCUT2D eigenvalue weighted by atomic mass is 10.3. The molecule has 2 N–H and O–H groups in total. The van der Waals surface area contributed by atoms with Crippen molar-refractivity contribution in [1.29, 1.82) is 0 Å². The van der Waals surface area contributed by atoms with Crippen LogP contribution in [-0.2, 0) is 4.79 Å². The van der Waals surface area contributed by atoms with Gasteiger partial charge in [-0.05, 0) is 30.3 Å². The average molecular weight is 313 g/mol. The van der Waals surface area contributed by atoms with E-state index in [1.54, 1.807) is 24.3 Å². The van der Waals surface area contributed by atoms with Crippen LogP contribution < -0.4 is 10.6 Å². The van der Waals surface area contributed by atoms with E-state index in [0.717, 1.165) is 0 Å². The third kappa shape index (κ3) is 4.11. The SMILES string of the molecule is O=C(CNc1cc(F)cc(Cl)c1)Nc1ccccc1Cl. The molecule has 20 heavy (non-hydrogen) atoms. The maximum absolute atomic E-state index is 13.1. The highest BCUT2D eigenvalue weighted by Gasteiger charge is 2.06. The van der Waals surface area contributed by atoms with E-state index in [-0.39, 0.29) is 17.5 Å². The van der Waals surface area contributed by atoms with Crippen molar-refractivity contribution in [2.75, 3.05) is 17.2 Å². The summed E-state index contributed by atoms with van der Waals surface area (Å²) >= 11 is 11.6. The van der Waals surface area contributed by atoms with Gasteiger partial charge in [0.25, 0.3) is 0 Å². The summed E-state index contributed by atoms with van der Waals surface area (Å²) < 4.78 is 13.1. The molecule has 2 aromatic rings. The normalized spacial score (nSPS) is 10.2. The first-order valence-electron chi connectivity index (χ1n) is 5.79. The molecule has 0 heterocycles. The fourth-order valence-corrected chi connectivity index (χ4v) is 2.00. The number of hydrogen-bond donors (Lipinski definition) is 2. The Kier molecular flexibility index (Phi) is 4.82. The van der Waals surface area contributed by atoms with Crippen LogP contribution in [0, 0.1) is 5.82 Å². The summed E-state index contributed by atoms with van der Waals surface area (Å²) in [5.74, 6) is -0.759. The number of hydrogen-bond acceptors (Lipinski definition) is 2. The first-order valence-corrected chi connectivity index (χ1v) is 6.54. The van der Waals surface area contributed by atoms with E-state index in [2.05, 4.69) is 10.6 Å². The van der Waals surface area contributed by atoms with E-state index in [9.17, 15) is 9.18 Å². The second-order valence-electron chi connectivity index (χ2n) is 4.04. The molecule has 0 saturated heterocycles. The van der Waals surface area contributed by atoms with Gasteiger partial charge in [-0.2, -0.15) is 0 Å². The number of nitrogens with one attached hydrogen (secondary N) is 2. The maximum Gasteiger partial charge on any atom is 0.243 e. The Labute approximate surface area is 125 Å². The van der Waals surface area contributed by atoms with Gasteiger partial charge >= 0.3 is 0 Å². The molecule has 0 fully saturated rings. The highest BCUT2D eigenvalue weighted by Crippen LogP contribution is 2.20. The van der Waals surface area contributed by atoms with Crippen molar-refractivity contribution in [3.05, 3.63) is 58.3 Å².